The van der Waals surface area contributed by atoms with Gasteiger partial charge in [0.1, 0.15) is 5.82 Å². The van der Waals surface area contributed by atoms with Crippen LogP contribution in [0.15, 0.2) is 59.5 Å². The Morgan fingerprint density at radius 2 is 1.79 bits per heavy atom. The highest BCUT2D eigenvalue weighted by atomic mass is 32.2. The average Bonchev–Trinajstić information content (AvgIpc) is 3.08. The zero-order valence-corrected chi connectivity index (χ0v) is 16.7. The molecule has 3 aromatic rings. The van der Waals surface area contributed by atoms with Crippen LogP contribution in [0.2, 0.25) is 0 Å². The second-order valence-corrected chi connectivity index (χ2v) is 8.15. The van der Waals surface area contributed by atoms with Crippen LogP contribution in [-0.2, 0) is 23.0 Å². The van der Waals surface area contributed by atoms with Crippen molar-refractivity contribution in [1.29, 1.82) is 0 Å². The molecule has 0 unspecified atom stereocenters. The highest BCUT2D eigenvalue weighted by Crippen LogP contribution is 2.15. The molecule has 28 heavy (non-hydrogen) atoms. The third-order valence-electron chi connectivity index (χ3n) is 4.32. The molecule has 0 saturated carbocycles. The minimum absolute atomic E-state index is 0.0727. The lowest BCUT2D eigenvalue weighted by molar-refractivity contribution is 0.597. The van der Waals surface area contributed by atoms with E-state index in [1.807, 2.05) is 30.3 Å². The fourth-order valence-corrected chi connectivity index (χ4v) is 3.36. The second-order valence-electron chi connectivity index (χ2n) is 6.59. The Morgan fingerprint density at radius 1 is 1.07 bits per heavy atom. The number of benzene rings is 2. The third kappa shape index (κ3) is 5.25. The topological polar surface area (TPSA) is 103 Å². The first-order valence-corrected chi connectivity index (χ1v) is 10.8. The first kappa shape index (κ1) is 20.2. The third-order valence-corrected chi connectivity index (χ3v) is 5.25. The Morgan fingerprint density at radius 3 is 2.43 bits per heavy atom. The summed E-state index contributed by atoms with van der Waals surface area (Å²) in [7, 11) is -3.73. The number of sulfonamides is 1. The van der Waals surface area contributed by atoms with Crippen LogP contribution in [0.5, 0.6) is 0 Å². The van der Waals surface area contributed by atoms with Crippen molar-refractivity contribution in [3.05, 3.63) is 71.8 Å². The van der Waals surface area contributed by atoms with Gasteiger partial charge >= 0.3 is 0 Å². The summed E-state index contributed by atoms with van der Waals surface area (Å²) < 4.78 is 24.7. The maximum Gasteiger partial charge on any atom is 0.238 e. The highest BCUT2D eigenvalue weighted by Gasteiger charge is 2.13. The number of unbranched alkanes of at least 4 members (excludes halogenated alkanes) is 1. The van der Waals surface area contributed by atoms with Crippen LogP contribution in [-0.4, -0.2) is 29.7 Å². The highest BCUT2D eigenvalue weighted by molar-refractivity contribution is 7.89. The molecule has 8 heteroatoms. The summed E-state index contributed by atoms with van der Waals surface area (Å²) in [6, 6.07) is 16.4. The molecule has 0 amide bonds. The van der Waals surface area contributed by atoms with Gasteiger partial charge in [0.25, 0.3) is 0 Å². The first-order chi connectivity index (χ1) is 13.5. The molecular formula is C20H25N5O2S. The van der Waals surface area contributed by atoms with E-state index in [0.717, 1.165) is 36.5 Å². The van der Waals surface area contributed by atoms with Crippen LogP contribution in [0.3, 0.4) is 0 Å². The minimum atomic E-state index is -3.73. The fraction of sp³-hybridized carbons (Fsp3) is 0.300. The number of nitrogens with two attached hydrogens (primary N) is 1. The van der Waals surface area contributed by atoms with Crippen molar-refractivity contribution in [2.75, 3.05) is 6.54 Å². The van der Waals surface area contributed by atoms with Crippen LogP contribution >= 0.6 is 0 Å². The summed E-state index contributed by atoms with van der Waals surface area (Å²) in [4.78, 5) is 4.77. The molecule has 148 valence electrons. The van der Waals surface area contributed by atoms with Gasteiger partial charge in [0.2, 0.25) is 10.0 Å². The van der Waals surface area contributed by atoms with Crippen LogP contribution in [0.25, 0.3) is 5.69 Å². The zero-order chi connectivity index (χ0) is 20.0. The predicted octanol–water partition coefficient (Wildman–Crippen LogP) is 2.40. The van der Waals surface area contributed by atoms with Crippen molar-refractivity contribution in [1.82, 2.24) is 20.1 Å². The number of nitrogens with one attached hydrogen (secondary N) is 1. The molecule has 3 N–H and O–H groups in total. The van der Waals surface area contributed by atoms with E-state index in [4.69, 9.17) is 10.1 Å². The van der Waals surface area contributed by atoms with Gasteiger partial charge in [-0.05, 0) is 42.8 Å². The molecule has 3 rings (SSSR count). The van der Waals surface area contributed by atoms with Gasteiger partial charge in [-0.15, -0.1) is 0 Å². The van der Waals surface area contributed by atoms with Gasteiger partial charge < -0.3 is 5.32 Å². The largest absolute Gasteiger partial charge is 0.310 e. The Bertz CT molecular complexity index is 999. The number of nitrogens with zero attached hydrogens (tertiary/aromatic N) is 3. The Balaban J connectivity index is 1.88. The van der Waals surface area contributed by atoms with E-state index in [1.54, 1.807) is 16.8 Å². The molecule has 0 atom stereocenters. The Labute approximate surface area is 165 Å². The lowest BCUT2D eigenvalue weighted by atomic mass is 10.1. The van der Waals surface area contributed by atoms with Crippen LogP contribution in [0.4, 0.5) is 0 Å². The summed E-state index contributed by atoms with van der Waals surface area (Å²) >= 11 is 0. The van der Waals surface area contributed by atoms with Gasteiger partial charge in [0, 0.05) is 6.42 Å². The van der Waals surface area contributed by atoms with Crippen molar-refractivity contribution in [3.63, 3.8) is 0 Å². The molecular weight excluding hydrogens is 374 g/mol. The molecule has 0 spiro atoms. The maximum atomic E-state index is 11.5. The van der Waals surface area contributed by atoms with Gasteiger partial charge in [-0.3, -0.25) is 0 Å². The van der Waals surface area contributed by atoms with E-state index in [2.05, 4.69) is 17.3 Å². The quantitative estimate of drug-likeness (QED) is 0.538. The molecule has 0 fully saturated rings. The molecule has 0 aliphatic heterocycles. The summed E-state index contributed by atoms with van der Waals surface area (Å²) in [6.45, 7) is 3.63. The van der Waals surface area contributed by atoms with Gasteiger partial charge in [0.15, 0.2) is 5.82 Å². The normalized spacial score (nSPS) is 11.6. The summed E-state index contributed by atoms with van der Waals surface area (Å²) in [5.41, 5.74) is 1.88. The summed E-state index contributed by atoms with van der Waals surface area (Å²) in [5, 5.41) is 13.2. The summed E-state index contributed by atoms with van der Waals surface area (Å²) in [5.74, 6) is 1.50. The minimum Gasteiger partial charge on any atom is -0.310 e. The molecule has 2 aromatic carbocycles. The van der Waals surface area contributed by atoms with Crippen LogP contribution < -0.4 is 10.5 Å². The molecule has 0 bridgehead atoms. The van der Waals surface area contributed by atoms with Crippen molar-refractivity contribution >= 4 is 10.0 Å². The lowest BCUT2D eigenvalue weighted by Crippen LogP contribution is -2.18. The van der Waals surface area contributed by atoms with Crippen molar-refractivity contribution in [2.45, 2.75) is 37.6 Å². The molecule has 0 aliphatic rings. The molecule has 1 aromatic heterocycles. The van der Waals surface area contributed by atoms with E-state index < -0.39 is 10.0 Å². The lowest BCUT2D eigenvalue weighted by Gasteiger charge is -2.07. The van der Waals surface area contributed by atoms with Gasteiger partial charge in [-0.25, -0.2) is 23.2 Å². The number of primary sulfonamides is 1. The average molecular weight is 400 g/mol. The molecule has 1 heterocycles. The van der Waals surface area contributed by atoms with Crippen LogP contribution in [0, 0.1) is 0 Å². The number of aromatic nitrogens is 3. The Kier molecular flexibility index (Phi) is 6.56. The maximum absolute atomic E-state index is 11.5. The van der Waals surface area contributed by atoms with E-state index in [0.29, 0.717) is 18.8 Å². The van der Waals surface area contributed by atoms with Gasteiger partial charge in [-0.2, -0.15) is 5.10 Å². The van der Waals surface area contributed by atoms with E-state index in [1.165, 1.54) is 12.1 Å². The standard InChI is InChI=1S/C20H25N5O2S/c1-2-3-13-22-15-20-23-19(14-16-7-5-4-6-8-16)24-25(20)17-9-11-18(12-10-17)28(21,26)27/h4-12,22H,2-3,13-15H2,1H3,(H2,21,26,27). The smallest absolute Gasteiger partial charge is 0.238 e. The zero-order valence-electron chi connectivity index (χ0n) is 15.9. The fourth-order valence-electron chi connectivity index (χ4n) is 2.85. The Hall–Kier alpha value is -2.55. The van der Waals surface area contributed by atoms with Crippen molar-refractivity contribution < 1.29 is 8.42 Å². The second kappa shape index (κ2) is 9.09. The monoisotopic (exact) mass is 399 g/mol. The van der Waals surface area contributed by atoms with Gasteiger partial charge in [0.05, 0.1) is 17.1 Å². The number of rotatable bonds is 9. The van der Waals surface area contributed by atoms with E-state index in [9.17, 15) is 8.42 Å². The summed E-state index contributed by atoms with van der Waals surface area (Å²) in [6.07, 6.45) is 2.84. The number of hydrogen-bond acceptors (Lipinski definition) is 5. The van der Waals surface area contributed by atoms with E-state index >= 15 is 0 Å². The SMILES string of the molecule is CCCCNCc1nc(Cc2ccccc2)nn1-c1ccc(S(N)(=O)=O)cc1. The molecule has 7 nitrogen and oxygen atoms in total. The van der Waals surface area contributed by atoms with Crippen molar-refractivity contribution in [2.24, 2.45) is 5.14 Å². The van der Waals surface area contributed by atoms with Crippen LogP contribution in [0.1, 0.15) is 37.0 Å². The number of hydrogen-bond donors (Lipinski definition) is 2. The predicted molar refractivity (Wildman–Crippen MR) is 109 cm³/mol. The van der Waals surface area contributed by atoms with Gasteiger partial charge in [-0.1, -0.05) is 43.7 Å². The first-order valence-electron chi connectivity index (χ1n) is 9.30. The molecule has 0 saturated heterocycles. The molecule has 0 radical (unpaired) electrons. The van der Waals surface area contributed by atoms with E-state index in [-0.39, 0.29) is 4.90 Å². The van der Waals surface area contributed by atoms with Crippen molar-refractivity contribution in [3.8, 4) is 5.69 Å². The molecule has 0 aliphatic carbocycles.